The lowest BCUT2D eigenvalue weighted by Gasteiger charge is -2.33. The van der Waals surface area contributed by atoms with Crippen LogP contribution in [0.15, 0.2) is 23.9 Å². The highest BCUT2D eigenvalue weighted by molar-refractivity contribution is 6.39. The fourth-order valence-electron chi connectivity index (χ4n) is 0.800. The van der Waals surface area contributed by atoms with Gasteiger partial charge in [-0.25, -0.2) is 0 Å². The van der Waals surface area contributed by atoms with Gasteiger partial charge in [-0.15, -0.1) is 0 Å². The van der Waals surface area contributed by atoms with Gasteiger partial charge in [0.25, 0.3) is 0 Å². The van der Waals surface area contributed by atoms with Crippen LogP contribution in [-0.2, 0) is 4.65 Å². The third-order valence-corrected chi connectivity index (χ3v) is 2.64. The molecule has 0 aromatic heterocycles. The third-order valence-electron chi connectivity index (χ3n) is 2.64. The molecular formula is C11H24BN2O2+2. The Morgan fingerprint density at radius 2 is 1.94 bits per heavy atom. The summed E-state index contributed by atoms with van der Waals surface area (Å²) in [4.78, 5) is 0. The van der Waals surface area contributed by atoms with E-state index in [0.29, 0.717) is 0 Å². The Hall–Kier alpha value is -0.775. The van der Waals surface area contributed by atoms with Crippen molar-refractivity contribution in [2.24, 2.45) is 5.73 Å². The molecule has 0 aliphatic rings. The van der Waals surface area contributed by atoms with Gasteiger partial charge >= 0.3 is 7.48 Å². The van der Waals surface area contributed by atoms with Crippen LogP contribution in [0.25, 0.3) is 0 Å². The summed E-state index contributed by atoms with van der Waals surface area (Å²) < 4.78 is 5.65. The second-order valence-corrected chi connectivity index (χ2v) is 4.73. The summed E-state index contributed by atoms with van der Waals surface area (Å²) in [6, 6.07) is 0. The van der Waals surface area contributed by atoms with Crippen molar-refractivity contribution >= 4 is 7.48 Å². The van der Waals surface area contributed by atoms with Crippen LogP contribution in [-0.4, -0.2) is 30.8 Å². The molecule has 0 unspecified atom stereocenters. The van der Waals surface area contributed by atoms with E-state index in [1.165, 1.54) is 6.20 Å². The highest BCUT2D eigenvalue weighted by atomic mass is 16.5. The molecule has 0 rings (SSSR count). The zero-order chi connectivity index (χ0) is 12.8. The molecule has 0 atom stereocenters. The van der Waals surface area contributed by atoms with E-state index in [4.69, 9.17) is 15.5 Å². The van der Waals surface area contributed by atoms with E-state index in [-0.39, 0.29) is 0 Å². The molecule has 6 N–H and O–H groups in total. The van der Waals surface area contributed by atoms with Crippen LogP contribution >= 0.6 is 0 Å². The molecule has 0 aliphatic heterocycles. The molecule has 0 aromatic carbocycles. The van der Waals surface area contributed by atoms with E-state index in [0.717, 1.165) is 5.47 Å². The standard InChI is InChI=1S/C11H22BN2O2/c1-10(2,15)11(3,4)16-12-9(6-7-13)8-14-5/h6-8,14-15H,13H2,1-5H3/p+2/b7-6-,9-8+. The molecule has 0 saturated heterocycles. The van der Waals surface area contributed by atoms with Crippen molar-refractivity contribution in [2.45, 2.75) is 38.9 Å². The van der Waals surface area contributed by atoms with E-state index in [9.17, 15) is 0 Å². The van der Waals surface area contributed by atoms with Crippen LogP contribution in [0.2, 0.25) is 0 Å². The molecule has 0 amide bonds. The van der Waals surface area contributed by atoms with Crippen LogP contribution in [0, 0.1) is 0 Å². The maximum Gasteiger partial charge on any atom is 0.336 e. The summed E-state index contributed by atoms with van der Waals surface area (Å²) in [6.45, 7) is 7.45. The number of quaternary nitrogens is 1. The van der Waals surface area contributed by atoms with Gasteiger partial charge in [-0.2, -0.15) is 0 Å². The predicted molar refractivity (Wildman–Crippen MR) is 67.9 cm³/mol. The van der Waals surface area contributed by atoms with E-state index in [1.807, 2.05) is 46.3 Å². The van der Waals surface area contributed by atoms with Gasteiger partial charge in [0.1, 0.15) is 5.60 Å². The van der Waals surface area contributed by atoms with Gasteiger partial charge in [-0.05, 0) is 26.1 Å². The average molecular weight is 227 g/mol. The third kappa shape index (κ3) is 4.83. The lowest BCUT2D eigenvalue weighted by molar-refractivity contribution is -0.556. The summed E-state index contributed by atoms with van der Waals surface area (Å²) in [5, 5.41) is 9.88. The highest BCUT2D eigenvalue weighted by Gasteiger charge is 2.40. The monoisotopic (exact) mass is 227 g/mol. The van der Waals surface area contributed by atoms with Crippen molar-refractivity contribution in [1.82, 2.24) is 0 Å². The Balaban J connectivity index is 4.48. The Morgan fingerprint density at radius 1 is 1.38 bits per heavy atom. The van der Waals surface area contributed by atoms with Crippen LogP contribution in [0.3, 0.4) is 0 Å². The lowest BCUT2D eigenvalue weighted by Crippen LogP contribution is -2.73. The second kappa shape index (κ2) is 6.08. The normalized spacial score (nSPS) is 14.5. The van der Waals surface area contributed by atoms with Crippen molar-refractivity contribution < 1.29 is 15.1 Å². The fourth-order valence-corrected chi connectivity index (χ4v) is 0.800. The van der Waals surface area contributed by atoms with Crippen molar-refractivity contribution in [2.75, 3.05) is 7.05 Å². The molecule has 0 spiro atoms. The lowest BCUT2D eigenvalue weighted by atomic mass is 9.82. The van der Waals surface area contributed by atoms with Gasteiger partial charge in [0.05, 0.1) is 13.2 Å². The Bertz CT molecular complexity index is 268. The van der Waals surface area contributed by atoms with E-state index in [2.05, 4.69) is 0 Å². The molecule has 0 fully saturated rings. The van der Waals surface area contributed by atoms with Crippen LogP contribution in [0.5, 0.6) is 0 Å². The molecule has 5 heteroatoms. The largest absolute Gasteiger partial charge is 0.439 e. The first-order chi connectivity index (χ1) is 7.24. The van der Waals surface area contributed by atoms with Gasteiger partial charge in [-0.1, -0.05) is 0 Å². The van der Waals surface area contributed by atoms with Crippen LogP contribution in [0.4, 0.5) is 0 Å². The van der Waals surface area contributed by atoms with Gasteiger partial charge in [0.2, 0.25) is 0 Å². The van der Waals surface area contributed by atoms with Gasteiger partial charge < -0.3 is 20.8 Å². The first-order valence-electron chi connectivity index (χ1n) is 5.38. The number of allylic oxidation sites excluding steroid dienone is 2. The first kappa shape index (κ1) is 15.2. The van der Waals surface area contributed by atoms with E-state index >= 15 is 0 Å². The van der Waals surface area contributed by atoms with Crippen molar-refractivity contribution in [3.8, 4) is 0 Å². The second-order valence-electron chi connectivity index (χ2n) is 4.73. The smallest absolute Gasteiger partial charge is 0.336 e. The molecular weight excluding hydrogens is 203 g/mol. The molecule has 16 heavy (non-hydrogen) atoms. The number of hydrogen-bond donors (Lipinski definition) is 2. The van der Waals surface area contributed by atoms with Crippen LogP contribution < -0.4 is 11.1 Å². The van der Waals surface area contributed by atoms with Gasteiger partial charge in [-0.3, -0.25) is 0 Å². The number of rotatable bonds is 6. The van der Waals surface area contributed by atoms with Crippen molar-refractivity contribution in [1.29, 1.82) is 0 Å². The van der Waals surface area contributed by atoms with E-state index in [1.54, 1.807) is 13.6 Å². The SMILES string of the molecule is C[NH2+]/C=C([B]OC(C)(C)C(C)(C)[OH2+])\C=C/N. The molecule has 0 aliphatic carbocycles. The minimum atomic E-state index is -0.670. The molecule has 0 aromatic rings. The maximum absolute atomic E-state index is 7.97. The molecule has 91 valence electrons. The highest BCUT2D eigenvalue weighted by Crippen LogP contribution is 2.24. The minimum Gasteiger partial charge on any atom is -0.439 e. The summed E-state index contributed by atoms with van der Waals surface area (Å²) in [6.07, 6.45) is 5.12. The summed E-state index contributed by atoms with van der Waals surface area (Å²) in [7, 11) is 3.57. The quantitative estimate of drug-likeness (QED) is 0.361. The Labute approximate surface area is 98.8 Å². The first-order valence-corrected chi connectivity index (χ1v) is 5.38. The Kier molecular flexibility index (Phi) is 5.79. The summed E-state index contributed by atoms with van der Waals surface area (Å²) in [5.74, 6) is 0. The number of hydrogen-bond acceptors (Lipinski definition) is 2. The molecule has 0 saturated carbocycles. The fraction of sp³-hybridized carbons (Fsp3) is 0.636. The van der Waals surface area contributed by atoms with Gasteiger partial charge in [0, 0.05) is 19.3 Å². The van der Waals surface area contributed by atoms with E-state index < -0.39 is 11.2 Å². The molecule has 0 bridgehead atoms. The summed E-state index contributed by atoms with van der Waals surface area (Å²) in [5.41, 5.74) is 4.99. The molecule has 0 heterocycles. The van der Waals surface area contributed by atoms with Gasteiger partial charge in [0.15, 0.2) is 5.60 Å². The minimum absolute atomic E-state index is 0.553. The number of nitrogens with two attached hydrogens (primary N) is 2. The molecule has 1 radical (unpaired) electrons. The summed E-state index contributed by atoms with van der Waals surface area (Å²) >= 11 is 0. The van der Waals surface area contributed by atoms with Crippen molar-refractivity contribution in [3.05, 3.63) is 23.9 Å². The zero-order valence-corrected chi connectivity index (χ0v) is 10.9. The van der Waals surface area contributed by atoms with Crippen LogP contribution in [0.1, 0.15) is 27.7 Å². The average Bonchev–Trinajstić information content (AvgIpc) is 2.13. The van der Waals surface area contributed by atoms with Crippen molar-refractivity contribution in [3.63, 3.8) is 0 Å². The molecule has 4 nitrogen and oxygen atoms in total. The topological polar surface area (TPSA) is 74.8 Å². The zero-order valence-electron chi connectivity index (χ0n) is 10.9. The Morgan fingerprint density at radius 3 is 2.31 bits per heavy atom. The predicted octanol–water partition coefficient (Wildman–Crippen LogP) is -0.589. The maximum atomic E-state index is 7.97.